The minimum absolute atomic E-state index is 0.0456. The second-order valence-corrected chi connectivity index (χ2v) is 5.11. The van der Waals surface area contributed by atoms with Crippen LogP contribution in [0, 0.1) is 5.82 Å². The average Bonchev–Trinajstić information content (AvgIpc) is 2.39. The Morgan fingerprint density at radius 2 is 1.89 bits per heavy atom. The zero-order valence-electron chi connectivity index (χ0n) is 10.6. The Hall–Kier alpha value is -1.81. The van der Waals surface area contributed by atoms with Crippen molar-refractivity contribution in [1.29, 1.82) is 0 Å². The number of halogens is 1. The van der Waals surface area contributed by atoms with Gasteiger partial charge in [0.1, 0.15) is 11.6 Å². The Morgan fingerprint density at radius 1 is 1.16 bits per heavy atom. The number of nitrogens with two attached hydrogens (primary N) is 1. The maximum atomic E-state index is 12.9. The molecule has 4 heteroatoms. The lowest BCUT2D eigenvalue weighted by Crippen LogP contribution is -2.43. The van der Waals surface area contributed by atoms with Crippen LogP contribution in [0.25, 0.3) is 11.3 Å². The molecule has 98 valence electrons. The molecule has 2 aromatic rings. The summed E-state index contributed by atoms with van der Waals surface area (Å²) in [4.78, 5) is 9.01. The fraction of sp³-hybridized carbons (Fsp3) is 0.333. The summed E-state index contributed by atoms with van der Waals surface area (Å²) in [5.74, 6) is 0.582. The smallest absolute Gasteiger partial charge is 0.136 e. The van der Waals surface area contributed by atoms with Crippen molar-refractivity contribution in [3.05, 3.63) is 48.2 Å². The average molecular weight is 257 g/mol. The standard InChI is InChI=1S/C15H16FN3/c16-12-4-2-11(3-5-12)13-6-9-18-14(19-13)15(10-17)7-1-8-15/h2-6,9H,1,7-8,10,17H2. The molecule has 1 aliphatic carbocycles. The van der Waals surface area contributed by atoms with Crippen LogP contribution in [0.5, 0.6) is 0 Å². The summed E-state index contributed by atoms with van der Waals surface area (Å²) in [5, 5.41) is 0. The van der Waals surface area contributed by atoms with Gasteiger partial charge in [-0.15, -0.1) is 0 Å². The van der Waals surface area contributed by atoms with Gasteiger partial charge in [-0.25, -0.2) is 14.4 Å². The van der Waals surface area contributed by atoms with Crippen molar-refractivity contribution in [1.82, 2.24) is 9.97 Å². The molecule has 0 unspecified atom stereocenters. The van der Waals surface area contributed by atoms with Crippen molar-refractivity contribution in [3.63, 3.8) is 0 Å². The number of nitrogens with zero attached hydrogens (tertiary/aromatic N) is 2. The van der Waals surface area contributed by atoms with E-state index in [1.807, 2.05) is 6.07 Å². The van der Waals surface area contributed by atoms with Crippen molar-refractivity contribution in [3.8, 4) is 11.3 Å². The number of benzene rings is 1. The quantitative estimate of drug-likeness (QED) is 0.919. The molecule has 3 rings (SSSR count). The van der Waals surface area contributed by atoms with E-state index in [2.05, 4.69) is 9.97 Å². The topological polar surface area (TPSA) is 51.8 Å². The first-order valence-electron chi connectivity index (χ1n) is 6.53. The van der Waals surface area contributed by atoms with Crippen LogP contribution in [-0.4, -0.2) is 16.5 Å². The molecule has 19 heavy (non-hydrogen) atoms. The Kier molecular flexibility index (Phi) is 3.03. The second kappa shape index (κ2) is 4.70. The monoisotopic (exact) mass is 257 g/mol. The fourth-order valence-corrected chi connectivity index (χ4v) is 2.52. The maximum Gasteiger partial charge on any atom is 0.136 e. The summed E-state index contributed by atoms with van der Waals surface area (Å²) in [6.07, 6.45) is 5.05. The summed E-state index contributed by atoms with van der Waals surface area (Å²) >= 11 is 0. The predicted octanol–water partition coefficient (Wildman–Crippen LogP) is 2.66. The zero-order valence-corrected chi connectivity index (χ0v) is 10.6. The van der Waals surface area contributed by atoms with Crippen LogP contribution in [0.4, 0.5) is 4.39 Å². The minimum Gasteiger partial charge on any atom is -0.329 e. The molecule has 0 aliphatic heterocycles. The zero-order chi connectivity index (χ0) is 13.3. The molecular weight excluding hydrogens is 241 g/mol. The summed E-state index contributed by atoms with van der Waals surface area (Å²) < 4.78 is 12.9. The third kappa shape index (κ3) is 2.12. The second-order valence-electron chi connectivity index (χ2n) is 5.11. The number of aromatic nitrogens is 2. The lowest BCUT2D eigenvalue weighted by atomic mass is 9.68. The molecule has 0 radical (unpaired) electrons. The Labute approximate surface area is 111 Å². The highest BCUT2D eigenvalue weighted by atomic mass is 19.1. The first kappa shape index (κ1) is 12.2. The van der Waals surface area contributed by atoms with Gasteiger partial charge in [0, 0.05) is 23.7 Å². The molecule has 1 aliphatic rings. The normalized spacial score (nSPS) is 16.9. The van der Waals surface area contributed by atoms with Gasteiger partial charge in [0.05, 0.1) is 5.69 Å². The SMILES string of the molecule is NCC1(c2nccc(-c3ccc(F)cc3)n2)CCC1. The van der Waals surface area contributed by atoms with E-state index in [0.717, 1.165) is 29.9 Å². The van der Waals surface area contributed by atoms with Crippen LogP contribution < -0.4 is 5.73 Å². The summed E-state index contributed by atoms with van der Waals surface area (Å²) in [7, 11) is 0. The van der Waals surface area contributed by atoms with E-state index in [1.54, 1.807) is 18.3 Å². The third-order valence-corrected chi connectivity index (χ3v) is 3.97. The van der Waals surface area contributed by atoms with E-state index in [9.17, 15) is 4.39 Å². The van der Waals surface area contributed by atoms with E-state index < -0.39 is 0 Å². The van der Waals surface area contributed by atoms with Crippen LogP contribution in [0.2, 0.25) is 0 Å². The first-order chi connectivity index (χ1) is 9.23. The van der Waals surface area contributed by atoms with Gasteiger partial charge in [-0.2, -0.15) is 0 Å². The maximum absolute atomic E-state index is 12.9. The molecule has 1 aromatic heterocycles. The Balaban J connectivity index is 1.98. The van der Waals surface area contributed by atoms with Gasteiger partial charge in [0.2, 0.25) is 0 Å². The molecular formula is C15H16FN3. The van der Waals surface area contributed by atoms with Gasteiger partial charge in [-0.1, -0.05) is 6.42 Å². The molecule has 1 aromatic carbocycles. The highest BCUT2D eigenvalue weighted by Gasteiger charge is 2.40. The number of hydrogen-bond acceptors (Lipinski definition) is 3. The van der Waals surface area contributed by atoms with E-state index in [4.69, 9.17) is 5.73 Å². The predicted molar refractivity (Wildman–Crippen MR) is 72.0 cm³/mol. The molecule has 1 heterocycles. The molecule has 0 saturated heterocycles. The van der Waals surface area contributed by atoms with Gasteiger partial charge >= 0.3 is 0 Å². The van der Waals surface area contributed by atoms with E-state index in [1.165, 1.54) is 18.6 Å². The van der Waals surface area contributed by atoms with Gasteiger partial charge in [-0.3, -0.25) is 0 Å². The van der Waals surface area contributed by atoms with Gasteiger partial charge in [0.15, 0.2) is 0 Å². The van der Waals surface area contributed by atoms with Gasteiger partial charge < -0.3 is 5.73 Å². The Bertz CT molecular complexity index is 571. The van der Waals surface area contributed by atoms with Crippen LogP contribution in [0.15, 0.2) is 36.5 Å². The molecule has 2 N–H and O–H groups in total. The highest BCUT2D eigenvalue weighted by Crippen LogP contribution is 2.41. The van der Waals surface area contributed by atoms with Gasteiger partial charge in [-0.05, 0) is 43.2 Å². The number of hydrogen-bond donors (Lipinski definition) is 1. The third-order valence-electron chi connectivity index (χ3n) is 3.97. The molecule has 1 saturated carbocycles. The van der Waals surface area contributed by atoms with Crippen molar-refractivity contribution in [2.75, 3.05) is 6.54 Å². The van der Waals surface area contributed by atoms with Crippen LogP contribution >= 0.6 is 0 Å². The minimum atomic E-state index is -0.240. The van der Waals surface area contributed by atoms with Crippen molar-refractivity contribution >= 4 is 0 Å². The molecule has 1 fully saturated rings. The molecule has 0 amide bonds. The largest absolute Gasteiger partial charge is 0.329 e. The van der Waals surface area contributed by atoms with Gasteiger partial charge in [0.25, 0.3) is 0 Å². The van der Waals surface area contributed by atoms with E-state index >= 15 is 0 Å². The number of rotatable bonds is 3. The fourth-order valence-electron chi connectivity index (χ4n) is 2.52. The van der Waals surface area contributed by atoms with E-state index in [0.29, 0.717) is 6.54 Å². The summed E-state index contributed by atoms with van der Waals surface area (Å²) in [5.41, 5.74) is 7.56. The van der Waals surface area contributed by atoms with Crippen molar-refractivity contribution < 1.29 is 4.39 Å². The Morgan fingerprint density at radius 3 is 2.47 bits per heavy atom. The lowest BCUT2D eigenvalue weighted by molar-refractivity contribution is 0.238. The van der Waals surface area contributed by atoms with Crippen molar-refractivity contribution in [2.45, 2.75) is 24.7 Å². The molecule has 0 bridgehead atoms. The van der Waals surface area contributed by atoms with Crippen LogP contribution in [0.1, 0.15) is 25.1 Å². The first-order valence-corrected chi connectivity index (χ1v) is 6.53. The molecule has 0 atom stereocenters. The van der Waals surface area contributed by atoms with Crippen LogP contribution in [-0.2, 0) is 5.41 Å². The molecule has 0 spiro atoms. The summed E-state index contributed by atoms with van der Waals surface area (Å²) in [6, 6.07) is 8.20. The van der Waals surface area contributed by atoms with E-state index in [-0.39, 0.29) is 11.2 Å². The highest BCUT2D eigenvalue weighted by molar-refractivity contribution is 5.58. The van der Waals surface area contributed by atoms with Crippen LogP contribution in [0.3, 0.4) is 0 Å². The lowest BCUT2D eigenvalue weighted by Gasteiger charge is -2.39. The molecule has 3 nitrogen and oxygen atoms in total. The summed E-state index contributed by atoms with van der Waals surface area (Å²) in [6.45, 7) is 0.583. The van der Waals surface area contributed by atoms with Crippen molar-refractivity contribution in [2.24, 2.45) is 5.73 Å².